The quantitative estimate of drug-likeness (QED) is 0.182. The van der Waals surface area contributed by atoms with Crippen LogP contribution in [0.3, 0.4) is 0 Å². The molecule has 2 aliphatic rings. The Balaban J connectivity index is 1.44. The van der Waals surface area contributed by atoms with Crippen molar-refractivity contribution in [1.82, 2.24) is 0 Å². The zero-order chi connectivity index (χ0) is 31.3. The Morgan fingerprint density at radius 1 is 0.977 bits per heavy atom. The van der Waals surface area contributed by atoms with Gasteiger partial charge < -0.3 is 33.2 Å². The van der Waals surface area contributed by atoms with Crippen molar-refractivity contribution in [3.05, 3.63) is 64.1 Å². The van der Waals surface area contributed by atoms with Crippen LogP contribution in [0, 0.1) is 0 Å². The molecule has 2 saturated heterocycles. The van der Waals surface area contributed by atoms with Crippen molar-refractivity contribution in [2.45, 2.75) is 121 Å². The van der Waals surface area contributed by atoms with E-state index in [-0.39, 0.29) is 23.4 Å². The summed E-state index contributed by atoms with van der Waals surface area (Å²) in [4.78, 5) is 0. The van der Waals surface area contributed by atoms with Gasteiger partial charge in [0, 0.05) is 30.3 Å². The molecule has 0 aromatic heterocycles. The molecule has 0 aliphatic carbocycles. The smallest absolute Gasteiger partial charge is 0.192 e. The van der Waals surface area contributed by atoms with Gasteiger partial charge in [-0.05, 0) is 67.2 Å². The second-order valence-electron chi connectivity index (χ2n) is 14.0. The van der Waals surface area contributed by atoms with Gasteiger partial charge in [0.25, 0.3) is 0 Å². The first kappa shape index (κ1) is 34.6. The summed E-state index contributed by atoms with van der Waals surface area (Å²) in [5.74, 6) is -0.136. The van der Waals surface area contributed by atoms with Crippen molar-refractivity contribution in [2.75, 3.05) is 20.3 Å². The van der Waals surface area contributed by atoms with E-state index in [4.69, 9.17) is 28.1 Å². The lowest BCUT2D eigenvalue weighted by Crippen LogP contribution is -2.60. The number of hydrogen-bond acceptors (Lipinski definition) is 7. The molecule has 4 rings (SSSR count). The molecular weight excluding hydrogens is 628 g/mol. The van der Waals surface area contributed by atoms with Crippen molar-refractivity contribution >= 4 is 24.2 Å². The molecule has 7 nitrogen and oxygen atoms in total. The first-order valence-electron chi connectivity index (χ1n) is 15.5. The van der Waals surface area contributed by atoms with Gasteiger partial charge in [-0.3, -0.25) is 0 Å². The van der Waals surface area contributed by atoms with Crippen LogP contribution < -0.4 is 4.74 Å². The zero-order valence-electron chi connectivity index (χ0n) is 27.0. The maximum atomic E-state index is 11.4. The Hall–Kier alpha value is -1.30. The van der Waals surface area contributed by atoms with E-state index in [1.165, 1.54) is 0 Å². The van der Waals surface area contributed by atoms with E-state index in [1.807, 2.05) is 49.4 Å². The van der Waals surface area contributed by atoms with Crippen LogP contribution in [0.4, 0.5) is 0 Å². The molecule has 0 radical (unpaired) electrons. The lowest BCUT2D eigenvalue weighted by molar-refractivity contribution is -0.353. The summed E-state index contributed by atoms with van der Waals surface area (Å²) in [6, 6.07) is 16.0. The topological polar surface area (TPSA) is 75.6 Å². The first-order chi connectivity index (χ1) is 20.2. The number of ether oxygens (including phenoxy) is 5. The van der Waals surface area contributed by atoms with Gasteiger partial charge in [-0.2, -0.15) is 0 Å². The van der Waals surface area contributed by atoms with Gasteiger partial charge in [-0.15, -0.1) is 0 Å². The number of hydrogen-bond donors (Lipinski definition) is 1. The van der Waals surface area contributed by atoms with Crippen LogP contribution in [-0.4, -0.2) is 63.4 Å². The minimum atomic E-state index is -2.05. The summed E-state index contributed by atoms with van der Waals surface area (Å²) in [6.45, 7) is 15.2. The molecule has 0 bridgehead atoms. The van der Waals surface area contributed by atoms with Crippen molar-refractivity contribution < 1.29 is 33.2 Å². The van der Waals surface area contributed by atoms with Crippen LogP contribution in [0.5, 0.6) is 5.75 Å². The van der Waals surface area contributed by atoms with Crippen LogP contribution in [-0.2, 0) is 36.6 Å². The monoisotopic (exact) mass is 678 g/mol. The molecule has 2 aliphatic heterocycles. The fourth-order valence-corrected chi connectivity index (χ4v) is 7.60. The minimum Gasteiger partial charge on any atom is -0.497 e. The van der Waals surface area contributed by atoms with Crippen LogP contribution in [0.1, 0.15) is 70.9 Å². The van der Waals surface area contributed by atoms with E-state index in [1.54, 1.807) is 7.11 Å². The summed E-state index contributed by atoms with van der Waals surface area (Å²) >= 11 is 3.60. The largest absolute Gasteiger partial charge is 0.497 e. The molecule has 2 aromatic carbocycles. The average molecular weight is 680 g/mol. The van der Waals surface area contributed by atoms with Crippen molar-refractivity contribution in [1.29, 1.82) is 0 Å². The van der Waals surface area contributed by atoms with Gasteiger partial charge in [0.2, 0.25) is 0 Å². The van der Waals surface area contributed by atoms with E-state index in [0.717, 1.165) is 27.8 Å². The third-order valence-corrected chi connectivity index (χ3v) is 14.3. The predicted molar refractivity (Wildman–Crippen MR) is 175 cm³/mol. The highest BCUT2D eigenvalue weighted by Gasteiger charge is 2.53. The molecule has 1 N–H and O–H groups in total. The van der Waals surface area contributed by atoms with Crippen LogP contribution in [0.25, 0.3) is 0 Å². The van der Waals surface area contributed by atoms with Crippen LogP contribution >= 0.6 is 15.9 Å². The van der Waals surface area contributed by atoms with Crippen molar-refractivity contribution in [2.24, 2.45) is 0 Å². The first-order valence-corrected chi connectivity index (χ1v) is 19.2. The molecule has 2 fully saturated rings. The van der Waals surface area contributed by atoms with Gasteiger partial charge in [0.1, 0.15) is 5.75 Å². The molecule has 2 heterocycles. The molecule has 9 heteroatoms. The normalized spacial score (nSPS) is 28.3. The third kappa shape index (κ3) is 9.84. The van der Waals surface area contributed by atoms with E-state index in [2.05, 4.69) is 55.9 Å². The van der Waals surface area contributed by atoms with Gasteiger partial charge >= 0.3 is 0 Å². The Bertz CT molecular complexity index is 1170. The second kappa shape index (κ2) is 14.4. The summed E-state index contributed by atoms with van der Waals surface area (Å²) in [5.41, 5.74) is 1.22. The van der Waals surface area contributed by atoms with Crippen LogP contribution in [0.15, 0.2) is 53.0 Å². The van der Waals surface area contributed by atoms with Crippen molar-refractivity contribution in [3.8, 4) is 5.75 Å². The Labute approximate surface area is 267 Å². The predicted octanol–water partition coefficient (Wildman–Crippen LogP) is 7.78. The Kier molecular flexibility index (Phi) is 11.6. The number of methoxy groups -OCH3 is 1. The van der Waals surface area contributed by atoms with E-state index in [0.29, 0.717) is 52.1 Å². The van der Waals surface area contributed by atoms with E-state index < -0.39 is 19.7 Å². The molecule has 43 heavy (non-hydrogen) atoms. The number of aliphatic hydroxyl groups is 1. The van der Waals surface area contributed by atoms with Crippen LogP contribution in [0.2, 0.25) is 18.1 Å². The van der Waals surface area contributed by atoms with Gasteiger partial charge in [0.15, 0.2) is 14.1 Å². The third-order valence-electron chi connectivity index (χ3n) is 8.94. The maximum absolute atomic E-state index is 11.4. The van der Waals surface area contributed by atoms with Gasteiger partial charge in [-0.25, -0.2) is 0 Å². The van der Waals surface area contributed by atoms with Crippen molar-refractivity contribution in [3.63, 3.8) is 0 Å². The minimum absolute atomic E-state index is 0.0299. The molecule has 1 spiro atoms. The summed E-state index contributed by atoms with van der Waals surface area (Å²) in [7, 11) is -0.395. The second-order valence-corrected chi connectivity index (χ2v) is 19.6. The average Bonchev–Trinajstić information content (AvgIpc) is 2.90. The zero-order valence-corrected chi connectivity index (χ0v) is 29.6. The highest BCUT2D eigenvalue weighted by atomic mass is 79.9. The maximum Gasteiger partial charge on any atom is 0.192 e. The SMILES string of the molecule is COc1ccc(COC[C@H]2C[C@](C)(O)C[C@@]3(C[C@@H](O[Si](C)(C)C(C)(C)C)C[C@H](CCOCc4ccccc4Br)O3)O2)cc1. The fraction of sp³-hybridized carbons (Fsp3) is 0.647. The summed E-state index contributed by atoms with van der Waals surface area (Å²) in [5, 5.41) is 11.5. The number of benzene rings is 2. The molecule has 2 aromatic rings. The summed E-state index contributed by atoms with van der Waals surface area (Å²) in [6.07, 6.45) is 2.49. The Morgan fingerprint density at radius 3 is 2.35 bits per heavy atom. The number of halogens is 1. The molecule has 0 saturated carbocycles. The lowest BCUT2D eigenvalue weighted by Gasteiger charge is -2.53. The highest BCUT2D eigenvalue weighted by molar-refractivity contribution is 9.10. The molecule has 5 atom stereocenters. The van der Waals surface area contributed by atoms with E-state index >= 15 is 0 Å². The molecule has 0 amide bonds. The summed E-state index contributed by atoms with van der Waals surface area (Å²) < 4.78 is 38.9. The molecule has 0 unspecified atom stereocenters. The highest BCUT2D eigenvalue weighted by Crippen LogP contribution is 2.46. The fourth-order valence-electron chi connectivity index (χ4n) is 5.84. The Morgan fingerprint density at radius 2 is 1.67 bits per heavy atom. The molecule has 240 valence electrons. The molecular formula is C34H51BrO7Si. The lowest BCUT2D eigenvalue weighted by atomic mass is 9.82. The standard InChI is InChI=1S/C34H51BrO7Si/c1-32(2,3)43(6,7)42-29-18-28(16-17-38-22-26-10-8-9-11-31(26)35)40-34(20-29)24-33(4,36)19-30(41-34)23-39-21-25-12-14-27(37-5)15-13-25/h8-15,28-30,36H,16-24H2,1-7H3/t28-,29-,30+,33-,34+/m0/s1. The number of rotatable bonds is 12. The van der Waals surface area contributed by atoms with E-state index in [9.17, 15) is 5.11 Å². The van der Waals surface area contributed by atoms with Gasteiger partial charge in [0.05, 0.1) is 50.8 Å². The van der Waals surface area contributed by atoms with Gasteiger partial charge in [-0.1, -0.05) is 67.0 Å².